The summed E-state index contributed by atoms with van der Waals surface area (Å²) in [6.07, 6.45) is 3.23. The zero-order valence-corrected chi connectivity index (χ0v) is 7.81. The molecule has 1 rings (SSSR count). The Morgan fingerprint density at radius 1 is 1.55 bits per heavy atom. The van der Waals surface area contributed by atoms with Gasteiger partial charge < -0.3 is 5.32 Å². The van der Waals surface area contributed by atoms with E-state index >= 15 is 0 Å². The van der Waals surface area contributed by atoms with Crippen LogP contribution in [0, 0.1) is 5.92 Å². The van der Waals surface area contributed by atoms with Gasteiger partial charge in [0, 0.05) is 12.5 Å². The maximum Gasteiger partial charge on any atom is 0.223 e. The van der Waals surface area contributed by atoms with Crippen LogP contribution in [0.15, 0.2) is 0 Å². The molecule has 1 amide bonds. The highest BCUT2D eigenvalue weighted by atomic mass is 16.1. The number of hydrogen-bond acceptors (Lipinski definition) is 1. The lowest BCUT2D eigenvalue weighted by atomic mass is 9.96. The molecule has 1 unspecified atom stereocenters. The van der Waals surface area contributed by atoms with Gasteiger partial charge in [0.2, 0.25) is 5.91 Å². The zero-order valence-electron chi connectivity index (χ0n) is 7.81. The molecule has 2 heteroatoms. The van der Waals surface area contributed by atoms with E-state index in [4.69, 9.17) is 0 Å². The van der Waals surface area contributed by atoms with Crippen LogP contribution in [0.5, 0.6) is 0 Å². The third-order valence-corrected chi connectivity index (χ3v) is 1.89. The molecule has 0 aromatic rings. The predicted octanol–water partition coefficient (Wildman–Crippen LogP) is 1.95. The van der Waals surface area contributed by atoms with Crippen molar-refractivity contribution >= 4 is 5.91 Å². The molecule has 11 heavy (non-hydrogen) atoms. The molecule has 66 valence electrons. The van der Waals surface area contributed by atoms with Crippen molar-refractivity contribution in [1.29, 1.82) is 0 Å². The molecule has 0 aromatic heterocycles. The fourth-order valence-corrected chi connectivity index (χ4v) is 1.23. The van der Waals surface area contributed by atoms with Crippen molar-refractivity contribution in [1.82, 2.24) is 5.32 Å². The van der Waals surface area contributed by atoms with Crippen LogP contribution in [-0.4, -0.2) is 12.5 Å². The predicted molar refractivity (Wildman–Crippen MR) is 47.4 cm³/mol. The Bertz CT molecular complexity index is 112. The van der Waals surface area contributed by atoms with Gasteiger partial charge in [-0.15, -0.1) is 0 Å². The van der Waals surface area contributed by atoms with Crippen molar-refractivity contribution in [3.05, 3.63) is 0 Å². The Balaban J connectivity index is 0.000000461. The van der Waals surface area contributed by atoms with Crippen molar-refractivity contribution in [3.8, 4) is 0 Å². The van der Waals surface area contributed by atoms with Crippen LogP contribution in [0.4, 0.5) is 0 Å². The summed E-state index contributed by atoms with van der Waals surface area (Å²) in [5, 5.41) is 2.84. The molecule has 1 atom stereocenters. The molecule has 1 saturated heterocycles. The molecule has 0 aliphatic carbocycles. The fraction of sp³-hybridized carbons (Fsp3) is 0.889. The summed E-state index contributed by atoms with van der Waals surface area (Å²) in [5.41, 5.74) is 0. The van der Waals surface area contributed by atoms with Gasteiger partial charge in [0.25, 0.3) is 0 Å². The van der Waals surface area contributed by atoms with Crippen molar-refractivity contribution in [2.24, 2.45) is 5.92 Å². The van der Waals surface area contributed by atoms with Gasteiger partial charge in [-0.05, 0) is 19.3 Å². The molecule has 1 fully saturated rings. The van der Waals surface area contributed by atoms with E-state index < -0.39 is 0 Å². The highest BCUT2D eigenvalue weighted by molar-refractivity contribution is 5.79. The second-order valence-electron chi connectivity index (χ2n) is 2.54. The summed E-state index contributed by atoms with van der Waals surface area (Å²) in [4.78, 5) is 10.9. The number of nitrogens with one attached hydrogen (secondary N) is 1. The second-order valence-corrected chi connectivity index (χ2v) is 2.54. The third kappa shape index (κ3) is 3.40. The smallest absolute Gasteiger partial charge is 0.223 e. The molecule has 0 aromatic carbocycles. The molecule has 0 saturated carbocycles. The minimum absolute atomic E-state index is 0.253. The lowest BCUT2D eigenvalue weighted by Gasteiger charge is -2.19. The van der Waals surface area contributed by atoms with Gasteiger partial charge in [-0.25, -0.2) is 0 Å². The SMILES string of the molecule is CC.CCC1CCCNC1=O. The van der Waals surface area contributed by atoms with E-state index in [1.807, 2.05) is 13.8 Å². The lowest BCUT2D eigenvalue weighted by Crippen LogP contribution is -2.35. The topological polar surface area (TPSA) is 29.1 Å². The number of carbonyl (C=O) groups is 1. The summed E-state index contributed by atoms with van der Waals surface area (Å²) < 4.78 is 0. The van der Waals surface area contributed by atoms with Gasteiger partial charge >= 0.3 is 0 Å². The zero-order chi connectivity index (χ0) is 8.69. The number of piperidine rings is 1. The molecule has 1 aliphatic heterocycles. The van der Waals surface area contributed by atoms with Gasteiger partial charge in [0.1, 0.15) is 0 Å². The van der Waals surface area contributed by atoms with Gasteiger partial charge in [-0.3, -0.25) is 4.79 Å². The Kier molecular flexibility index (Phi) is 5.90. The van der Waals surface area contributed by atoms with Crippen molar-refractivity contribution in [3.63, 3.8) is 0 Å². The average molecular weight is 157 g/mol. The second kappa shape index (κ2) is 6.20. The molecule has 2 nitrogen and oxygen atoms in total. The minimum Gasteiger partial charge on any atom is -0.356 e. The van der Waals surface area contributed by atoms with E-state index in [0.717, 1.165) is 25.8 Å². The fourth-order valence-electron chi connectivity index (χ4n) is 1.23. The highest BCUT2D eigenvalue weighted by Gasteiger charge is 2.18. The van der Waals surface area contributed by atoms with Crippen LogP contribution >= 0.6 is 0 Å². The van der Waals surface area contributed by atoms with Crippen LogP contribution in [0.2, 0.25) is 0 Å². The van der Waals surface area contributed by atoms with E-state index in [9.17, 15) is 4.79 Å². The molecule has 0 spiro atoms. The van der Waals surface area contributed by atoms with Crippen LogP contribution in [0.25, 0.3) is 0 Å². The Morgan fingerprint density at radius 2 is 2.18 bits per heavy atom. The maximum atomic E-state index is 10.9. The third-order valence-electron chi connectivity index (χ3n) is 1.89. The summed E-state index contributed by atoms with van der Waals surface area (Å²) in [6.45, 7) is 6.95. The van der Waals surface area contributed by atoms with Gasteiger partial charge in [0.15, 0.2) is 0 Å². The lowest BCUT2D eigenvalue weighted by molar-refractivity contribution is -0.126. The molecular formula is C9H19NO. The van der Waals surface area contributed by atoms with E-state index in [0.29, 0.717) is 5.92 Å². The summed E-state index contributed by atoms with van der Waals surface area (Å²) >= 11 is 0. The number of rotatable bonds is 1. The quantitative estimate of drug-likeness (QED) is 0.619. The van der Waals surface area contributed by atoms with E-state index in [1.165, 1.54) is 0 Å². The first-order chi connectivity index (χ1) is 5.34. The number of amides is 1. The Labute approximate surface area is 69.4 Å². The molecule has 0 radical (unpaired) electrons. The Morgan fingerprint density at radius 3 is 2.55 bits per heavy atom. The van der Waals surface area contributed by atoms with Crippen LogP contribution in [-0.2, 0) is 4.79 Å². The van der Waals surface area contributed by atoms with Crippen molar-refractivity contribution in [2.75, 3.05) is 6.54 Å². The Hall–Kier alpha value is -0.530. The van der Waals surface area contributed by atoms with Crippen LogP contribution in [0.1, 0.15) is 40.0 Å². The first-order valence-electron chi connectivity index (χ1n) is 4.62. The number of carbonyl (C=O) groups excluding carboxylic acids is 1. The van der Waals surface area contributed by atoms with Crippen LogP contribution < -0.4 is 5.32 Å². The first kappa shape index (κ1) is 10.5. The normalized spacial score (nSPS) is 23.2. The summed E-state index contributed by atoms with van der Waals surface area (Å²) in [6, 6.07) is 0. The van der Waals surface area contributed by atoms with Crippen molar-refractivity contribution < 1.29 is 4.79 Å². The average Bonchev–Trinajstić information content (AvgIpc) is 2.09. The molecule has 1 N–H and O–H groups in total. The van der Waals surface area contributed by atoms with E-state index in [2.05, 4.69) is 12.2 Å². The highest BCUT2D eigenvalue weighted by Crippen LogP contribution is 2.13. The maximum absolute atomic E-state index is 10.9. The van der Waals surface area contributed by atoms with Crippen LogP contribution in [0.3, 0.4) is 0 Å². The summed E-state index contributed by atoms with van der Waals surface area (Å²) in [5.74, 6) is 0.558. The summed E-state index contributed by atoms with van der Waals surface area (Å²) in [7, 11) is 0. The largest absolute Gasteiger partial charge is 0.356 e. The number of hydrogen-bond donors (Lipinski definition) is 1. The van der Waals surface area contributed by atoms with Gasteiger partial charge in [-0.2, -0.15) is 0 Å². The monoisotopic (exact) mass is 157 g/mol. The van der Waals surface area contributed by atoms with Crippen molar-refractivity contribution in [2.45, 2.75) is 40.0 Å². The van der Waals surface area contributed by atoms with E-state index in [-0.39, 0.29) is 5.91 Å². The molecule has 0 bridgehead atoms. The standard InChI is InChI=1S/C7H13NO.C2H6/c1-2-6-4-3-5-8-7(6)9;1-2/h6H,2-5H2,1H3,(H,8,9);1-2H3. The first-order valence-corrected chi connectivity index (χ1v) is 4.62. The van der Waals surface area contributed by atoms with Gasteiger partial charge in [-0.1, -0.05) is 20.8 Å². The molecular weight excluding hydrogens is 138 g/mol. The van der Waals surface area contributed by atoms with Gasteiger partial charge in [0.05, 0.1) is 0 Å². The molecule has 1 aliphatic rings. The minimum atomic E-state index is 0.253. The molecule has 1 heterocycles. The van der Waals surface area contributed by atoms with E-state index in [1.54, 1.807) is 0 Å².